The standard InChI is InChI=1S/C20H30O3/c1-8-19(4,5)15-10-11-17(23-18(13-21)14(3)22)16(12-15)20(6,7)9-2/h10-13,18H,8-9H2,1-7H3. The average molecular weight is 318 g/mol. The van der Waals surface area contributed by atoms with E-state index >= 15 is 0 Å². The molecule has 3 heteroatoms. The maximum atomic E-state index is 11.5. The summed E-state index contributed by atoms with van der Waals surface area (Å²) in [6, 6.07) is 6.11. The molecule has 0 N–H and O–H groups in total. The van der Waals surface area contributed by atoms with Gasteiger partial charge >= 0.3 is 0 Å². The maximum Gasteiger partial charge on any atom is 0.211 e. The molecule has 0 aliphatic heterocycles. The van der Waals surface area contributed by atoms with Gasteiger partial charge in [-0.3, -0.25) is 9.59 Å². The first kappa shape index (κ1) is 19.4. The van der Waals surface area contributed by atoms with E-state index in [4.69, 9.17) is 4.74 Å². The van der Waals surface area contributed by atoms with Crippen LogP contribution in [0.3, 0.4) is 0 Å². The predicted octanol–water partition coefficient (Wildman–Crippen LogP) is 4.60. The van der Waals surface area contributed by atoms with E-state index < -0.39 is 6.10 Å². The Bertz CT molecular complexity index is 570. The molecule has 1 unspecified atom stereocenters. The molecule has 23 heavy (non-hydrogen) atoms. The van der Waals surface area contributed by atoms with Gasteiger partial charge in [0, 0.05) is 5.56 Å². The number of ketones is 1. The lowest BCUT2D eigenvalue weighted by atomic mass is 9.76. The van der Waals surface area contributed by atoms with Gasteiger partial charge in [0.25, 0.3) is 0 Å². The summed E-state index contributed by atoms with van der Waals surface area (Å²) in [6.45, 7) is 14.4. The van der Waals surface area contributed by atoms with Crippen molar-refractivity contribution in [2.24, 2.45) is 0 Å². The third-order valence-electron chi connectivity index (χ3n) is 5.04. The number of Topliss-reactive ketones (excluding diaryl/α,β-unsaturated/α-hetero) is 1. The Morgan fingerprint density at radius 3 is 2.13 bits per heavy atom. The van der Waals surface area contributed by atoms with E-state index in [0.717, 1.165) is 18.4 Å². The number of ether oxygens (including phenoxy) is 1. The second-order valence-corrected chi connectivity index (χ2v) is 7.47. The predicted molar refractivity (Wildman–Crippen MR) is 94.2 cm³/mol. The Labute approximate surface area is 140 Å². The van der Waals surface area contributed by atoms with Crippen LogP contribution in [0.5, 0.6) is 5.75 Å². The molecule has 1 aromatic rings. The van der Waals surface area contributed by atoms with Crippen molar-refractivity contribution in [3.8, 4) is 5.75 Å². The molecule has 0 saturated carbocycles. The highest BCUT2D eigenvalue weighted by Gasteiger charge is 2.28. The fourth-order valence-corrected chi connectivity index (χ4v) is 2.32. The third kappa shape index (κ3) is 4.43. The largest absolute Gasteiger partial charge is 0.475 e. The van der Waals surface area contributed by atoms with E-state index in [1.54, 1.807) is 0 Å². The van der Waals surface area contributed by atoms with E-state index in [1.165, 1.54) is 12.5 Å². The van der Waals surface area contributed by atoms with Gasteiger partial charge in [-0.15, -0.1) is 0 Å². The number of carbonyl (C=O) groups is 2. The van der Waals surface area contributed by atoms with Gasteiger partial charge in [-0.25, -0.2) is 0 Å². The van der Waals surface area contributed by atoms with Gasteiger partial charge in [-0.05, 0) is 42.2 Å². The summed E-state index contributed by atoms with van der Waals surface area (Å²) in [6.07, 6.45) is 1.50. The molecule has 0 heterocycles. The van der Waals surface area contributed by atoms with Gasteiger partial charge in [0.15, 0.2) is 12.1 Å². The van der Waals surface area contributed by atoms with Crippen LogP contribution in [0, 0.1) is 0 Å². The van der Waals surface area contributed by atoms with Crippen LogP contribution in [0.15, 0.2) is 18.2 Å². The molecular weight excluding hydrogens is 288 g/mol. The second-order valence-electron chi connectivity index (χ2n) is 7.47. The minimum absolute atomic E-state index is 0.0712. The molecule has 0 aliphatic rings. The van der Waals surface area contributed by atoms with Crippen molar-refractivity contribution in [1.29, 1.82) is 0 Å². The molecule has 0 saturated heterocycles. The minimum Gasteiger partial charge on any atom is -0.475 e. The fourth-order valence-electron chi connectivity index (χ4n) is 2.32. The summed E-state index contributed by atoms with van der Waals surface area (Å²) in [5, 5.41) is 0. The van der Waals surface area contributed by atoms with Crippen molar-refractivity contribution in [3.63, 3.8) is 0 Å². The van der Waals surface area contributed by atoms with Crippen LogP contribution in [0.4, 0.5) is 0 Å². The van der Waals surface area contributed by atoms with E-state index in [9.17, 15) is 9.59 Å². The summed E-state index contributed by atoms with van der Waals surface area (Å²) < 4.78 is 5.73. The molecule has 3 nitrogen and oxygen atoms in total. The number of rotatable bonds is 8. The molecule has 0 fully saturated rings. The lowest BCUT2D eigenvalue weighted by molar-refractivity contribution is -0.129. The molecule has 1 atom stereocenters. The van der Waals surface area contributed by atoms with Crippen LogP contribution in [0.2, 0.25) is 0 Å². The van der Waals surface area contributed by atoms with E-state index in [2.05, 4.69) is 47.6 Å². The summed E-state index contributed by atoms with van der Waals surface area (Å²) in [7, 11) is 0. The highest BCUT2D eigenvalue weighted by Crippen LogP contribution is 2.38. The van der Waals surface area contributed by atoms with Crippen LogP contribution in [0.1, 0.15) is 72.4 Å². The van der Waals surface area contributed by atoms with Crippen LogP contribution in [-0.4, -0.2) is 18.2 Å². The van der Waals surface area contributed by atoms with Gasteiger partial charge in [-0.1, -0.05) is 53.7 Å². The van der Waals surface area contributed by atoms with Gasteiger partial charge < -0.3 is 4.74 Å². The molecule has 1 aromatic carbocycles. The van der Waals surface area contributed by atoms with Crippen molar-refractivity contribution in [3.05, 3.63) is 29.3 Å². The minimum atomic E-state index is -1.04. The van der Waals surface area contributed by atoms with Gasteiger partial charge in [-0.2, -0.15) is 0 Å². The first-order chi connectivity index (χ1) is 10.6. The second kappa shape index (κ2) is 7.29. The topological polar surface area (TPSA) is 43.4 Å². The SMILES string of the molecule is CCC(C)(C)c1ccc(OC(C=O)C(C)=O)c(C(C)(C)CC)c1. The third-order valence-corrected chi connectivity index (χ3v) is 5.04. The Hall–Kier alpha value is -1.64. The van der Waals surface area contributed by atoms with Gasteiger partial charge in [0.1, 0.15) is 5.75 Å². The molecule has 0 radical (unpaired) electrons. The van der Waals surface area contributed by atoms with Crippen molar-refractivity contribution < 1.29 is 14.3 Å². The molecule has 0 aromatic heterocycles. The van der Waals surface area contributed by atoms with Gasteiger partial charge in [0.05, 0.1) is 0 Å². The average Bonchev–Trinajstić information content (AvgIpc) is 2.51. The fraction of sp³-hybridized carbons (Fsp3) is 0.600. The maximum absolute atomic E-state index is 11.5. The molecule has 1 rings (SSSR count). The van der Waals surface area contributed by atoms with E-state index in [1.807, 2.05) is 12.1 Å². The van der Waals surface area contributed by atoms with Crippen LogP contribution in [-0.2, 0) is 20.4 Å². The number of hydrogen-bond donors (Lipinski definition) is 0. The van der Waals surface area contributed by atoms with E-state index in [0.29, 0.717) is 12.0 Å². The van der Waals surface area contributed by atoms with Crippen molar-refractivity contribution in [1.82, 2.24) is 0 Å². The molecule has 128 valence electrons. The molecule has 0 spiro atoms. The van der Waals surface area contributed by atoms with Crippen molar-refractivity contribution in [2.45, 2.75) is 78.2 Å². The van der Waals surface area contributed by atoms with Crippen molar-refractivity contribution >= 4 is 12.1 Å². The number of aldehydes is 1. The summed E-state index contributed by atoms with van der Waals surface area (Å²) in [5.41, 5.74) is 2.27. The number of hydrogen-bond acceptors (Lipinski definition) is 3. The Morgan fingerprint density at radius 2 is 1.70 bits per heavy atom. The highest BCUT2D eigenvalue weighted by molar-refractivity contribution is 5.94. The Balaban J connectivity index is 3.41. The molecule has 0 bridgehead atoms. The summed E-state index contributed by atoms with van der Waals surface area (Å²) >= 11 is 0. The van der Waals surface area contributed by atoms with Gasteiger partial charge in [0.2, 0.25) is 6.10 Å². The monoisotopic (exact) mass is 318 g/mol. The van der Waals surface area contributed by atoms with Crippen LogP contribution in [0.25, 0.3) is 0 Å². The molecule has 0 aliphatic carbocycles. The van der Waals surface area contributed by atoms with Crippen LogP contribution >= 0.6 is 0 Å². The zero-order valence-corrected chi connectivity index (χ0v) is 15.5. The van der Waals surface area contributed by atoms with Crippen molar-refractivity contribution in [2.75, 3.05) is 0 Å². The highest BCUT2D eigenvalue weighted by atomic mass is 16.5. The molecule has 0 amide bonds. The quantitative estimate of drug-likeness (QED) is 0.520. The molecular formula is C20H30O3. The first-order valence-electron chi connectivity index (χ1n) is 8.36. The smallest absolute Gasteiger partial charge is 0.211 e. The lowest BCUT2D eigenvalue weighted by Gasteiger charge is -2.31. The first-order valence-corrected chi connectivity index (χ1v) is 8.36. The summed E-state index contributed by atoms with van der Waals surface area (Å²) in [5.74, 6) is 0.345. The van der Waals surface area contributed by atoms with Crippen LogP contribution < -0.4 is 4.74 Å². The Kier molecular flexibility index (Phi) is 6.15. The summed E-state index contributed by atoms with van der Waals surface area (Å²) in [4.78, 5) is 22.6. The number of benzene rings is 1. The zero-order valence-electron chi connectivity index (χ0n) is 15.5. The zero-order chi connectivity index (χ0) is 17.8. The number of carbonyl (C=O) groups excluding carboxylic acids is 2. The normalized spacial score (nSPS) is 13.5. The Morgan fingerprint density at radius 1 is 1.13 bits per heavy atom. The lowest BCUT2D eigenvalue weighted by Crippen LogP contribution is -2.29. The van der Waals surface area contributed by atoms with E-state index in [-0.39, 0.29) is 16.6 Å².